The summed E-state index contributed by atoms with van der Waals surface area (Å²) < 4.78 is 11.0. The molecule has 2 nitrogen and oxygen atoms in total. The number of unbranched alkanes of at least 4 members (excludes halogenated alkanes) is 3. The number of allylic oxidation sites excluding steroid dienone is 2. The minimum Gasteiger partial charge on any atom is -0.456 e. The highest BCUT2D eigenvalue weighted by Gasteiger charge is 2.20. The van der Waals surface area contributed by atoms with Gasteiger partial charge in [-0.05, 0) is 20.3 Å². The summed E-state index contributed by atoms with van der Waals surface area (Å²) in [5.74, 6) is 1.89. The molecule has 0 aromatic carbocycles. The van der Waals surface area contributed by atoms with Crippen LogP contribution >= 0.6 is 0 Å². The van der Waals surface area contributed by atoms with Crippen molar-refractivity contribution in [3.63, 3.8) is 0 Å². The van der Waals surface area contributed by atoms with Crippen molar-refractivity contribution in [3.8, 4) is 0 Å². The maximum atomic E-state index is 5.51. The zero-order chi connectivity index (χ0) is 9.68. The molecule has 0 aliphatic carbocycles. The van der Waals surface area contributed by atoms with Crippen LogP contribution in [0.5, 0.6) is 0 Å². The Balaban J connectivity index is 2.06. The summed E-state index contributed by atoms with van der Waals surface area (Å²) in [4.78, 5) is 0. The van der Waals surface area contributed by atoms with Crippen LogP contribution in [-0.2, 0) is 9.47 Å². The highest BCUT2D eigenvalue weighted by atomic mass is 16.7. The Morgan fingerprint density at radius 1 is 1.00 bits per heavy atom. The number of rotatable bonds is 5. The molecule has 0 aromatic rings. The summed E-state index contributed by atoms with van der Waals surface area (Å²) in [7, 11) is 0. The van der Waals surface area contributed by atoms with Gasteiger partial charge < -0.3 is 9.47 Å². The van der Waals surface area contributed by atoms with E-state index in [0.717, 1.165) is 17.9 Å². The predicted octanol–water partition coefficient (Wildman–Crippen LogP) is 3.58. The van der Waals surface area contributed by atoms with Crippen molar-refractivity contribution in [2.45, 2.75) is 59.2 Å². The molecule has 2 heteroatoms. The highest BCUT2D eigenvalue weighted by Crippen LogP contribution is 2.24. The van der Waals surface area contributed by atoms with E-state index in [1.165, 1.54) is 25.7 Å². The molecule has 0 bridgehead atoms. The summed E-state index contributed by atoms with van der Waals surface area (Å²) in [5, 5.41) is 0. The maximum Gasteiger partial charge on any atom is 0.240 e. The van der Waals surface area contributed by atoms with Gasteiger partial charge in [0.15, 0.2) is 0 Å². The zero-order valence-electron chi connectivity index (χ0n) is 8.93. The van der Waals surface area contributed by atoms with Gasteiger partial charge in [0, 0.05) is 6.42 Å². The molecule has 0 saturated heterocycles. The van der Waals surface area contributed by atoms with Gasteiger partial charge in [0.1, 0.15) is 11.5 Å². The number of hydrogen-bond acceptors (Lipinski definition) is 2. The van der Waals surface area contributed by atoms with Crippen LogP contribution in [0, 0.1) is 0 Å². The molecular formula is C11H20O2. The van der Waals surface area contributed by atoms with E-state index >= 15 is 0 Å². The standard InChI is InChI=1S/C11H20O2/c1-4-5-6-7-8-11-12-9(2)10(3)13-11/h11H,4-8H2,1-3H3. The highest BCUT2D eigenvalue weighted by molar-refractivity contribution is 4.99. The second-order valence-corrected chi connectivity index (χ2v) is 3.63. The molecular weight excluding hydrogens is 164 g/mol. The molecule has 1 aliphatic rings. The van der Waals surface area contributed by atoms with Gasteiger partial charge in [0.25, 0.3) is 0 Å². The van der Waals surface area contributed by atoms with Crippen molar-refractivity contribution in [1.29, 1.82) is 0 Å². The topological polar surface area (TPSA) is 18.5 Å². The maximum absolute atomic E-state index is 5.51. The van der Waals surface area contributed by atoms with Crippen LogP contribution in [0.2, 0.25) is 0 Å². The van der Waals surface area contributed by atoms with Gasteiger partial charge in [-0.15, -0.1) is 0 Å². The van der Waals surface area contributed by atoms with Crippen LogP contribution in [0.4, 0.5) is 0 Å². The van der Waals surface area contributed by atoms with Gasteiger partial charge in [0.2, 0.25) is 6.29 Å². The summed E-state index contributed by atoms with van der Waals surface area (Å²) in [6, 6.07) is 0. The third-order valence-corrected chi connectivity index (χ3v) is 2.41. The summed E-state index contributed by atoms with van der Waals surface area (Å²) >= 11 is 0. The predicted molar refractivity (Wildman–Crippen MR) is 53.1 cm³/mol. The van der Waals surface area contributed by atoms with E-state index in [1.807, 2.05) is 13.8 Å². The minimum atomic E-state index is -0.00291. The first-order valence-corrected chi connectivity index (χ1v) is 5.25. The lowest BCUT2D eigenvalue weighted by atomic mass is 10.1. The molecule has 1 rings (SSSR count). The normalized spacial score (nSPS) is 17.5. The van der Waals surface area contributed by atoms with Crippen LogP contribution < -0.4 is 0 Å². The Kier molecular flexibility index (Phi) is 4.13. The van der Waals surface area contributed by atoms with E-state index in [9.17, 15) is 0 Å². The first-order valence-electron chi connectivity index (χ1n) is 5.25. The summed E-state index contributed by atoms with van der Waals surface area (Å²) in [6.45, 7) is 6.14. The molecule has 0 spiro atoms. The summed E-state index contributed by atoms with van der Waals surface area (Å²) in [6.07, 6.45) is 6.11. The smallest absolute Gasteiger partial charge is 0.240 e. The minimum absolute atomic E-state index is 0.00291. The Labute approximate surface area is 80.9 Å². The van der Waals surface area contributed by atoms with Gasteiger partial charge in [-0.2, -0.15) is 0 Å². The molecule has 0 radical (unpaired) electrons. The van der Waals surface area contributed by atoms with Crippen molar-refractivity contribution in [3.05, 3.63) is 11.5 Å². The lowest BCUT2D eigenvalue weighted by molar-refractivity contribution is -0.0445. The number of hydrogen-bond donors (Lipinski definition) is 0. The van der Waals surface area contributed by atoms with Crippen LogP contribution in [0.15, 0.2) is 11.5 Å². The van der Waals surface area contributed by atoms with Crippen molar-refractivity contribution >= 4 is 0 Å². The van der Waals surface area contributed by atoms with E-state index in [4.69, 9.17) is 9.47 Å². The van der Waals surface area contributed by atoms with Crippen molar-refractivity contribution in [1.82, 2.24) is 0 Å². The van der Waals surface area contributed by atoms with E-state index < -0.39 is 0 Å². The van der Waals surface area contributed by atoms with Gasteiger partial charge in [0.05, 0.1) is 0 Å². The van der Waals surface area contributed by atoms with Crippen LogP contribution in [0.3, 0.4) is 0 Å². The molecule has 0 atom stereocenters. The molecule has 1 heterocycles. The fourth-order valence-corrected chi connectivity index (χ4v) is 1.44. The fraction of sp³-hybridized carbons (Fsp3) is 0.818. The second-order valence-electron chi connectivity index (χ2n) is 3.63. The van der Waals surface area contributed by atoms with E-state index in [1.54, 1.807) is 0 Å². The fourth-order valence-electron chi connectivity index (χ4n) is 1.44. The SMILES string of the molecule is CCCCCCC1OC(C)=C(C)O1. The molecule has 0 N–H and O–H groups in total. The average molecular weight is 184 g/mol. The lowest BCUT2D eigenvalue weighted by Crippen LogP contribution is -2.08. The van der Waals surface area contributed by atoms with Crippen LogP contribution in [0.1, 0.15) is 52.9 Å². The van der Waals surface area contributed by atoms with Crippen molar-refractivity contribution in [2.24, 2.45) is 0 Å². The average Bonchev–Trinajstić information content (AvgIpc) is 2.41. The van der Waals surface area contributed by atoms with E-state index in [2.05, 4.69) is 6.92 Å². The van der Waals surface area contributed by atoms with Crippen molar-refractivity contribution in [2.75, 3.05) is 0 Å². The first kappa shape index (κ1) is 10.4. The quantitative estimate of drug-likeness (QED) is 0.608. The van der Waals surface area contributed by atoms with Crippen molar-refractivity contribution < 1.29 is 9.47 Å². The first-order chi connectivity index (χ1) is 6.24. The molecule has 0 fully saturated rings. The molecule has 13 heavy (non-hydrogen) atoms. The molecule has 0 amide bonds. The molecule has 1 aliphatic heterocycles. The Hall–Kier alpha value is -0.660. The lowest BCUT2D eigenvalue weighted by Gasteiger charge is -2.10. The Bertz CT molecular complexity index is 171. The van der Waals surface area contributed by atoms with Crippen LogP contribution in [-0.4, -0.2) is 6.29 Å². The monoisotopic (exact) mass is 184 g/mol. The molecule has 0 saturated carbocycles. The molecule has 76 valence electrons. The largest absolute Gasteiger partial charge is 0.456 e. The molecule has 0 aromatic heterocycles. The van der Waals surface area contributed by atoms with E-state index in [-0.39, 0.29) is 6.29 Å². The van der Waals surface area contributed by atoms with Gasteiger partial charge in [-0.25, -0.2) is 0 Å². The second kappa shape index (κ2) is 5.15. The van der Waals surface area contributed by atoms with Crippen LogP contribution in [0.25, 0.3) is 0 Å². The summed E-state index contributed by atoms with van der Waals surface area (Å²) in [5.41, 5.74) is 0. The van der Waals surface area contributed by atoms with Gasteiger partial charge in [-0.1, -0.05) is 26.2 Å². The van der Waals surface area contributed by atoms with E-state index in [0.29, 0.717) is 0 Å². The third-order valence-electron chi connectivity index (χ3n) is 2.41. The third kappa shape index (κ3) is 3.29. The zero-order valence-corrected chi connectivity index (χ0v) is 8.93. The Morgan fingerprint density at radius 3 is 2.15 bits per heavy atom. The Morgan fingerprint density at radius 2 is 1.62 bits per heavy atom. The van der Waals surface area contributed by atoms with Gasteiger partial charge >= 0.3 is 0 Å². The number of ether oxygens (including phenoxy) is 2. The van der Waals surface area contributed by atoms with Gasteiger partial charge in [-0.3, -0.25) is 0 Å². The molecule has 0 unspecified atom stereocenters.